The van der Waals surface area contributed by atoms with Crippen molar-refractivity contribution < 1.29 is 19.1 Å². The van der Waals surface area contributed by atoms with Gasteiger partial charge in [-0.15, -0.1) is 0 Å². The standard InChI is InChI=1S/C11H11N3O4/c12-10(16)7(5-15)14-11(17)9-4-6-8(18-9)2-1-3-13-6/h1-4,7,15H,5H2,(H2,12,16)(H,14,17)/t7-/m0/s1. The summed E-state index contributed by atoms with van der Waals surface area (Å²) in [6.07, 6.45) is 1.57. The Hall–Kier alpha value is -2.41. The molecule has 0 fully saturated rings. The molecule has 2 amide bonds. The van der Waals surface area contributed by atoms with Crippen molar-refractivity contribution in [1.82, 2.24) is 10.3 Å². The van der Waals surface area contributed by atoms with E-state index in [1.807, 2.05) is 0 Å². The minimum Gasteiger partial charge on any atom is -0.449 e. The van der Waals surface area contributed by atoms with Gasteiger partial charge in [0, 0.05) is 12.3 Å². The molecule has 7 nitrogen and oxygen atoms in total. The van der Waals surface area contributed by atoms with Crippen LogP contribution in [-0.4, -0.2) is 34.6 Å². The van der Waals surface area contributed by atoms with Crippen LogP contribution in [0.15, 0.2) is 28.8 Å². The Morgan fingerprint density at radius 2 is 2.33 bits per heavy atom. The lowest BCUT2D eigenvalue weighted by Gasteiger charge is -2.10. The molecule has 0 bridgehead atoms. The van der Waals surface area contributed by atoms with Gasteiger partial charge < -0.3 is 20.6 Å². The molecule has 18 heavy (non-hydrogen) atoms. The highest BCUT2D eigenvalue weighted by Crippen LogP contribution is 2.16. The number of primary amides is 1. The van der Waals surface area contributed by atoms with Gasteiger partial charge >= 0.3 is 0 Å². The monoisotopic (exact) mass is 249 g/mol. The van der Waals surface area contributed by atoms with Gasteiger partial charge in [0.25, 0.3) is 5.91 Å². The maximum atomic E-state index is 11.7. The van der Waals surface area contributed by atoms with Crippen molar-refractivity contribution in [3.8, 4) is 0 Å². The number of carbonyl (C=O) groups excluding carboxylic acids is 2. The number of nitrogens with one attached hydrogen (secondary N) is 1. The van der Waals surface area contributed by atoms with Crippen LogP contribution in [0.1, 0.15) is 10.6 Å². The highest BCUT2D eigenvalue weighted by Gasteiger charge is 2.20. The highest BCUT2D eigenvalue weighted by atomic mass is 16.3. The summed E-state index contributed by atoms with van der Waals surface area (Å²) in [6, 6.07) is 3.64. The molecule has 0 saturated carbocycles. The first-order valence-electron chi connectivity index (χ1n) is 5.17. The lowest BCUT2D eigenvalue weighted by molar-refractivity contribution is -0.120. The van der Waals surface area contributed by atoms with Crippen molar-refractivity contribution in [3.05, 3.63) is 30.2 Å². The lowest BCUT2D eigenvalue weighted by atomic mass is 10.3. The van der Waals surface area contributed by atoms with E-state index in [-0.39, 0.29) is 5.76 Å². The third-order valence-electron chi connectivity index (χ3n) is 2.34. The van der Waals surface area contributed by atoms with Crippen LogP contribution in [-0.2, 0) is 4.79 Å². The van der Waals surface area contributed by atoms with E-state index >= 15 is 0 Å². The van der Waals surface area contributed by atoms with E-state index in [4.69, 9.17) is 15.3 Å². The second-order valence-electron chi connectivity index (χ2n) is 3.61. The number of nitrogens with zero attached hydrogens (tertiary/aromatic N) is 1. The molecule has 2 aromatic heterocycles. The van der Waals surface area contributed by atoms with Gasteiger partial charge in [-0.3, -0.25) is 14.6 Å². The van der Waals surface area contributed by atoms with Crippen LogP contribution in [0.25, 0.3) is 11.1 Å². The Kier molecular flexibility index (Phi) is 3.24. The van der Waals surface area contributed by atoms with Crippen molar-refractivity contribution in [2.24, 2.45) is 5.73 Å². The quantitative estimate of drug-likeness (QED) is 0.668. The Labute approximate surface area is 102 Å². The average Bonchev–Trinajstić information content (AvgIpc) is 2.79. The molecular weight excluding hydrogens is 238 g/mol. The van der Waals surface area contributed by atoms with Gasteiger partial charge in [0.05, 0.1) is 6.61 Å². The van der Waals surface area contributed by atoms with Gasteiger partial charge in [0.2, 0.25) is 5.91 Å². The zero-order valence-electron chi connectivity index (χ0n) is 9.29. The van der Waals surface area contributed by atoms with Crippen LogP contribution >= 0.6 is 0 Å². The minimum absolute atomic E-state index is 0.00315. The molecule has 1 atom stereocenters. The Morgan fingerprint density at radius 1 is 1.56 bits per heavy atom. The largest absolute Gasteiger partial charge is 0.449 e. The first-order valence-corrected chi connectivity index (χ1v) is 5.17. The van der Waals surface area contributed by atoms with Gasteiger partial charge in [0.1, 0.15) is 11.6 Å². The number of aliphatic hydroxyl groups excluding tert-OH is 1. The number of carbonyl (C=O) groups is 2. The molecular formula is C11H11N3O4. The molecule has 0 unspecified atom stereocenters. The van der Waals surface area contributed by atoms with Crippen LogP contribution in [0.5, 0.6) is 0 Å². The summed E-state index contributed by atoms with van der Waals surface area (Å²) < 4.78 is 5.25. The summed E-state index contributed by atoms with van der Waals surface area (Å²) in [6.45, 7) is -0.570. The van der Waals surface area contributed by atoms with Crippen LogP contribution in [0.4, 0.5) is 0 Å². The van der Waals surface area contributed by atoms with E-state index < -0.39 is 24.5 Å². The van der Waals surface area contributed by atoms with Gasteiger partial charge in [-0.25, -0.2) is 0 Å². The summed E-state index contributed by atoms with van der Waals surface area (Å²) in [7, 11) is 0. The molecule has 0 spiro atoms. The summed E-state index contributed by atoms with van der Waals surface area (Å²) in [5, 5.41) is 11.1. The first-order chi connectivity index (χ1) is 8.61. The smallest absolute Gasteiger partial charge is 0.287 e. The second kappa shape index (κ2) is 4.84. The number of amides is 2. The second-order valence-corrected chi connectivity index (χ2v) is 3.61. The fourth-order valence-corrected chi connectivity index (χ4v) is 1.42. The van der Waals surface area contributed by atoms with Crippen molar-refractivity contribution in [2.75, 3.05) is 6.61 Å². The number of nitrogens with two attached hydrogens (primary N) is 1. The predicted molar refractivity (Wildman–Crippen MR) is 61.5 cm³/mol. The normalized spacial score (nSPS) is 12.3. The summed E-state index contributed by atoms with van der Waals surface area (Å²) >= 11 is 0. The number of fused-ring (bicyclic) bond motifs is 1. The summed E-state index contributed by atoms with van der Waals surface area (Å²) in [5.41, 5.74) is 5.98. The van der Waals surface area contributed by atoms with Crippen LogP contribution in [0.3, 0.4) is 0 Å². The number of hydrogen-bond donors (Lipinski definition) is 3. The number of furan rings is 1. The molecule has 0 aromatic carbocycles. The Balaban J connectivity index is 2.20. The lowest BCUT2D eigenvalue weighted by Crippen LogP contribution is -2.46. The highest BCUT2D eigenvalue weighted by molar-refractivity contribution is 5.97. The molecule has 0 aliphatic rings. The average molecular weight is 249 g/mol. The molecule has 2 aromatic rings. The van der Waals surface area contributed by atoms with Crippen molar-refractivity contribution >= 4 is 22.9 Å². The first kappa shape index (κ1) is 12.1. The van der Waals surface area contributed by atoms with E-state index in [9.17, 15) is 9.59 Å². The van der Waals surface area contributed by atoms with Crippen molar-refractivity contribution in [1.29, 1.82) is 0 Å². The molecule has 0 aliphatic carbocycles. The number of aliphatic hydroxyl groups is 1. The van der Waals surface area contributed by atoms with Gasteiger partial charge in [-0.05, 0) is 12.1 Å². The van der Waals surface area contributed by atoms with Crippen LogP contribution in [0, 0.1) is 0 Å². The molecule has 7 heteroatoms. The Morgan fingerprint density at radius 3 is 2.94 bits per heavy atom. The number of rotatable bonds is 4. The molecule has 0 radical (unpaired) electrons. The molecule has 94 valence electrons. The maximum absolute atomic E-state index is 11.7. The maximum Gasteiger partial charge on any atom is 0.287 e. The molecule has 4 N–H and O–H groups in total. The fraction of sp³-hybridized carbons (Fsp3) is 0.182. The summed E-state index contributed by atoms with van der Waals surface area (Å²) in [5.74, 6) is -1.45. The van der Waals surface area contributed by atoms with E-state index in [0.717, 1.165) is 0 Å². The SMILES string of the molecule is NC(=O)[C@H](CO)NC(=O)c1cc2ncccc2o1. The van der Waals surface area contributed by atoms with Crippen molar-refractivity contribution in [3.63, 3.8) is 0 Å². The third kappa shape index (κ3) is 2.30. The fourth-order valence-electron chi connectivity index (χ4n) is 1.42. The van der Waals surface area contributed by atoms with Crippen LogP contribution < -0.4 is 11.1 Å². The predicted octanol–water partition coefficient (Wildman–Crippen LogP) is -0.596. The molecule has 2 heterocycles. The molecule has 0 saturated heterocycles. The van der Waals surface area contributed by atoms with E-state index in [2.05, 4.69) is 10.3 Å². The number of pyridine rings is 1. The van der Waals surface area contributed by atoms with E-state index in [1.165, 1.54) is 6.07 Å². The third-order valence-corrected chi connectivity index (χ3v) is 2.34. The number of hydrogen-bond acceptors (Lipinski definition) is 5. The van der Waals surface area contributed by atoms with Gasteiger partial charge in [0.15, 0.2) is 11.3 Å². The number of aromatic nitrogens is 1. The molecule has 2 rings (SSSR count). The minimum atomic E-state index is -1.14. The van der Waals surface area contributed by atoms with E-state index in [1.54, 1.807) is 18.3 Å². The van der Waals surface area contributed by atoms with Crippen molar-refractivity contribution in [2.45, 2.75) is 6.04 Å². The summed E-state index contributed by atoms with van der Waals surface area (Å²) in [4.78, 5) is 26.6. The topological polar surface area (TPSA) is 118 Å². The Bertz CT molecular complexity index is 560. The zero-order valence-corrected chi connectivity index (χ0v) is 9.29. The van der Waals surface area contributed by atoms with Gasteiger partial charge in [-0.2, -0.15) is 0 Å². The zero-order chi connectivity index (χ0) is 13.1. The van der Waals surface area contributed by atoms with Crippen LogP contribution in [0.2, 0.25) is 0 Å². The van der Waals surface area contributed by atoms with Gasteiger partial charge in [-0.1, -0.05) is 0 Å². The molecule has 0 aliphatic heterocycles. The van der Waals surface area contributed by atoms with E-state index in [0.29, 0.717) is 11.1 Å².